The molecule has 5 nitrogen and oxygen atoms in total. The summed E-state index contributed by atoms with van der Waals surface area (Å²) in [6.45, 7) is 5.42. The minimum absolute atomic E-state index is 0.0311. The topological polar surface area (TPSA) is 61.4 Å². The first-order valence-corrected chi connectivity index (χ1v) is 10.1. The highest BCUT2D eigenvalue weighted by molar-refractivity contribution is 5.94. The summed E-state index contributed by atoms with van der Waals surface area (Å²) in [4.78, 5) is 27.0. The van der Waals surface area contributed by atoms with Crippen molar-refractivity contribution >= 4 is 17.5 Å². The fourth-order valence-electron chi connectivity index (χ4n) is 3.56. The Kier molecular flexibility index (Phi) is 6.99. The number of likely N-dealkylation sites (tertiary alicyclic amines) is 1. The Balaban J connectivity index is 1.45. The Morgan fingerprint density at radius 1 is 1.14 bits per heavy atom. The van der Waals surface area contributed by atoms with Gasteiger partial charge in [0.1, 0.15) is 5.82 Å². The summed E-state index contributed by atoms with van der Waals surface area (Å²) in [5.74, 6) is -0.463. The van der Waals surface area contributed by atoms with Crippen molar-refractivity contribution in [3.8, 4) is 0 Å². The number of rotatable bonds is 6. The van der Waals surface area contributed by atoms with Gasteiger partial charge in [0, 0.05) is 18.2 Å². The second-order valence-electron chi connectivity index (χ2n) is 7.64. The third-order valence-corrected chi connectivity index (χ3v) is 5.58. The van der Waals surface area contributed by atoms with Gasteiger partial charge in [-0.3, -0.25) is 14.5 Å². The van der Waals surface area contributed by atoms with E-state index in [1.165, 1.54) is 6.07 Å². The van der Waals surface area contributed by atoms with Crippen LogP contribution < -0.4 is 10.6 Å². The third-order valence-electron chi connectivity index (χ3n) is 5.58. The molecule has 154 valence electrons. The number of carbonyl (C=O) groups is 2. The number of nitrogens with one attached hydrogen (secondary N) is 2. The van der Waals surface area contributed by atoms with E-state index < -0.39 is 0 Å². The number of halogens is 1. The van der Waals surface area contributed by atoms with Gasteiger partial charge in [-0.15, -0.1) is 0 Å². The predicted molar refractivity (Wildman–Crippen MR) is 112 cm³/mol. The molecule has 1 fully saturated rings. The van der Waals surface area contributed by atoms with Crippen molar-refractivity contribution in [3.63, 3.8) is 0 Å². The second-order valence-corrected chi connectivity index (χ2v) is 7.64. The number of hydrogen-bond donors (Lipinski definition) is 2. The summed E-state index contributed by atoms with van der Waals surface area (Å²) in [6.07, 6.45) is 1.44. The zero-order chi connectivity index (χ0) is 20.8. The number of piperidine rings is 1. The first-order chi connectivity index (χ1) is 13.9. The van der Waals surface area contributed by atoms with Crippen molar-refractivity contribution in [1.82, 2.24) is 10.2 Å². The van der Waals surface area contributed by atoms with Gasteiger partial charge < -0.3 is 10.6 Å². The zero-order valence-electron chi connectivity index (χ0n) is 17.0. The van der Waals surface area contributed by atoms with Gasteiger partial charge in [0.15, 0.2) is 0 Å². The Bertz CT molecular complexity index is 848. The number of amides is 2. The lowest BCUT2D eigenvalue weighted by molar-refractivity contribution is -0.127. The standard InChI is InChI=1S/C23H28FN3O2/c1-16-8-9-20(14-21(16)24)26-22(28)17(2)27-12-10-19(11-13-27)23(29)25-15-18-6-4-3-5-7-18/h3-9,14,17,19H,10-13,15H2,1-2H3,(H,25,29)(H,26,28)/t17-/m0/s1. The summed E-state index contributed by atoms with van der Waals surface area (Å²) in [7, 11) is 0. The molecule has 1 aliphatic heterocycles. The Morgan fingerprint density at radius 3 is 2.48 bits per heavy atom. The molecular formula is C23H28FN3O2. The lowest BCUT2D eigenvalue weighted by Gasteiger charge is -2.34. The molecular weight excluding hydrogens is 369 g/mol. The molecule has 2 amide bonds. The Morgan fingerprint density at radius 2 is 1.83 bits per heavy atom. The maximum absolute atomic E-state index is 13.7. The molecule has 1 atom stereocenters. The van der Waals surface area contributed by atoms with Crippen molar-refractivity contribution in [2.75, 3.05) is 18.4 Å². The zero-order valence-corrected chi connectivity index (χ0v) is 17.0. The smallest absolute Gasteiger partial charge is 0.241 e. The molecule has 0 bridgehead atoms. The normalized spacial score (nSPS) is 16.2. The van der Waals surface area contributed by atoms with E-state index in [1.807, 2.05) is 37.3 Å². The van der Waals surface area contributed by atoms with E-state index in [1.54, 1.807) is 19.1 Å². The van der Waals surface area contributed by atoms with E-state index >= 15 is 0 Å². The molecule has 29 heavy (non-hydrogen) atoms. The number of benzene rings is 2. The second kappa shape index (κ2) is 9.65. The Hall–Kier alpha value is -2.73. The number of hydrogen-bond acceptors (Lipinski definition) is 3. The SMILES string of the molecule is Cc1ccc(NC(=O)[C@H](C)N2CCC(C(=O)NCc3ccccc3)CC2)cc1F. The van der Waals surface area contributed by atoms with Crippen LogP contribution in [0.3, 0.4) is 0 Å². The maximum atomic E-state index is 13.7. The van der Waals surface area contributed by atoms with E-state index in [0.29, 0.717) is 30.9 Å². The highest BCUT2D eigenvalue weighted by Gasteiger charge is 2.29. The molecule has 0 saturated carbocycles. The molecule has 1 saturated heterocycles. The summed E-state index contributed by atoms with van der Waals surface area (Å²) in [6, 6.07) is 14.2. The molecule has 2 N–H and O–H groups in total. The van der Waals surface area contributed by atoms with Crippen LogP contribution in [0.5, 0.6) is 0 Å². The molecule has 0 aliphatic carbocycles. The number of aryl methyl sites for hydroxylation is 1. The predicted octanol–water partition coefficient (Wildman–Crippen LogP) is 3.49. The first-order valence-electron chi connectivity index (χ1n) is 10.1. The molecule has 3 rings (SSSR count). The lowest BCUT2D eigenvalue weighted by Crippen LogP contribution is -2.48. The minimum atomic E-state index is -0.340. The average Bonchev–Trinajstić information content (AvgIpc) is 2.75. The highest BCUT2D eigenvalue weighted by atomic mass is 19.1. The van der Waals surface area contributed by atoms with Crippen LogP contribution in [-0.4, -0.2) is 35.8 Å². The lowest BCUT2D eigenvalue weighted by atomic mass is 9.94. The van der Waals surface area contributed by atoms with Crippen LogP contribution in [0.4, 0.5) is 10.1 Å². The van der Waals surface area contributed by atoms with Crippen molar-refractivity contribution < 1.29 is 14.0 Å². The first kappa shape index (κ1) is 21.0. The van der Waals surface area contributed by atoms with Gasteiger partial charge >= 0.3 is 0 Å². The number of nitrogens with zero attached hydrogens (tertiary/aromatic N) is 1. The summed E-state index contributed by atoms with van der Waals surface area (Å²) < 4.78 is 13.7. The summed E-state index contributed by atoms with van der Waals surface area (Å²) in [5, 5.41) is 5.79. The average molecular weight is 397 g/mol. The van der Waals surface area contributed by atoms with Crippen LogP contribution in [0.25, 0.3) is 0 Å². The van der Waals surface area contributed by atoms with E-state index in [-0.39, 0.29) is 29.6 Å². The minimum Gasteiger partial charge on any atom is -0.352 e. The number of carbonyl (C=O) groups excluding carboxylic acids is 2. The maximum Gasteiger partial charge on any atom is 0.241 e. The van der Waals surface area contributed by atoms with E-state index in [2.05, 4.69) is 15.5 Å². The largest absolute Gasteiger partial charge is 0.352 e. The number of anilines is 1. The molecule has 1 heterocycles. The molecule has 6 heteroatoms. The Labute approximate surface area is 171 Å². The quantitative estimate of drug-likeness (QED) is 0.784. The van der Waals surface area contributed by atoms with Crippen LogP contribution in [0, 0.1) is 18.7 Å². The van der Waals surface area contributed by atoms with Gasteiger partial charge in [0.25, 0.3) is 0 Å². The van der Waals surface area contributed by atoms with E-state index in [0.717, 1.165) is 18.4 Å². The van der Waals surface area contributed by atoms with Crippen LogP contribution in [0.2, 0.25) is 0 Å². The van der Waals surface area contributed by atoms with Crippen molar-refractivity contribution in [3.05, 3.63) is 65.5 Å². The molecule has 2 aromatic rings. The van der Waals surface area contributed by atoms with Gasteiger partial charge in [-0.1, -0.05) is 36.4 Å². The van der Waals surface area contributed by atoms with Gasteiger partial charge in [0.05, 0.1) is 6.04 Å². The molecule has 0 aromatic heterocycles. The van der Waals surface area contributed by atoms with Crippen molar-refractivity contribution in [1.29, 1.82) is 0 Å². The summed E-state index contributed by atoms with van der Waals surface area (Å²) in [5.41, 5.74) is 2.08. The van der Waals surface area contributed by atoms with Gasteiger partial charge in [0.2, 0.25) is 11.8 Å². The fourth-order valence-corrected chi connectivity index (χ4v) is 3.56. The highest BCUT2D eigenvalue weighted by Crippen LogP contribution is 2.21. The van der Waals surface area contributed by atoms with E-state index in [4.69, 9.17) is 0 Å². The fraction of sp³-hybridized carbons (Fsp3) is 0.391. The van der Waals surface area contributed by atoms with E-state index in [9.17, 15) is 14.0 Å². The molecule has 0 unspecified atom stereocenters. The van der Waals surface area contributed by atoms with Gasteiger partial charge in [-0.2, -0.15) is 0 Å². The monoisotopic (exact) mass is 397 g/mol. The molecule has 1 aliphatic rings. The van der Waals surface area contributed by atoms with Crippen LogP contribution >= 0.6 is 0 Å². The third kappa shape index (κ3) is 5.64. The van der Waals surface area contributed by atoms with Crippen LogP contribution in [0.15, 0.2) is 48.5 Å². The molecule has 0 radical (unpaired) electrons. The van der Waals surface area contributed by atoms with Crippen LogP contribution in [0.1, 0.15) is 30.9 Å². The van der Waals surface area contributed by atoms with Crippen molar-refractivity contribution in [2.24, 2.45) is 5.92 Å². The van der Waals surface area contributed by atoms with Crippen molar-refractivity contribution in [2.45, 2.75) is 39.3 Å². The summed E-state index contributed by atoms with van der Waals surface area (Å²) >= 11 is 0. The molecule has 2 aromatic carbocycles. The van der Waals surface area contributed by atoms with Gasteiger partial charge in [-0.25, -0.2) is 4.39 Å². The van der Waals surface area contributed by atoms with Crippen LogP contribution in [-0.2, 0) is 16.1 Å². The van der Waals surface area contributed by atoms with Gasteiger partial charge in [-0.05, 0) is 63.0 Å². The molecule has 0 spiro atoms.